The van der Waals surface area contributed by atoms with Gasteiger partial charge < -0.3 is 9.32 Å². The number of urea groups is 1. The first-order valence-corrected chi connectivity index (χ1v) is 8.29. The number of aryl methyl sites for hydroxylation is 1. The molecule has 0 spiro atoms. The summed E-state index contributed by atoms with van der Waals surface area (Å²) in [6.07, 6.45) is 4.50. The lowest BCUT2D eigenvalue weighted by molar-refractivity contribution is 0.0927. The summed E-state index contributed by atoms with van der Waals surface area (Å²) < 4.78 is 6.73. The first kappa shape index (κ1) is 18.2. The van der Waals surface area contributed by atoms with E-state index in [0.717, 1.165) is 11.3 Å². The molecule has 0 saturated heterocycles. The molecule has 27 heavy (non-hydrogen) atoms. The third-order valence-electron chi connectivity index (χ3n) is 4.35. The van der Waals surface area contributed by atoms with Crippen LogP contribution in [0.1, 0.15) is 34.6 Å². The molecule has 9 nitrogen and oxygen atoms in total. The molecular formula is C18H20N6O3. The average molecular weight is 368 g/mol. The predicted octanol–water partition coefficient (Wildman–Crippen LogP) is 2.22. The molecule has 3 aromatic rings. The lowest BCUT2D eigenvalue weighted by atomic mass is 10.1. The van der Waals surface area contributed by atoms with Gasteiger partial charge in [0.05, 0.1) is 23.6 Å². The maximum Gasteiger partial charge on any atom is 0.336 e. The van der Waals surface area contributed by atoms with Gasteiger partial charge in [0.25, 0.3) is 5.91 Å². The van der Waals surface area contributed by atoms with Gasteiger partial charge >= 0.3 is 6.03 Å². The number of hydrogen-bond donors (Lipinski definition) is 2. The highest BCUT2D eigenvalue weighted by atomic mass is 16.3. The lowest BCUT2D eigenvalue weighted by Gasteiger charge is -2.25. The van der Waals surface area contributed by atoms with E-state index in [9.17, 15) is 9.59 Å². The van der Waals surface area contributed by atoms with Crippen LogP contribution in [-0.2, 0) is 0 Å². The SMILES string of the molecule is Cc1occc1C(=O)NNC(=O)N(C)[C@H](C)c1ccc(-n2cncn2)cc1. The number of carbonyl (C=O) groups is 2. The number of nitrogens with one attached hydrogen (secondary N) is 2. The normalized spacial score (nSPS) is 11.7. The van der Waals surface area contributed by atoms with Crippen molar-refractivity contribution in [1.29, 1.82) is 0 Å². The zero-order chi connectivity index (χ0) is 19.4. The van der Waals surface area contributed by atoms with E-state index in [-0.39, 0.29) is 6.04 Å². The van der Waals surface area contributed by atoms with Crippen LogP contribution in [0.3, 0.4) is 0 Å². The Hall–Kier alpha value is -3.62. The second kappa shape index (κ2) is 7.73. The van der Waals surface area contributed by atoms with E-state index in [1.807, 2.05) is 31.2 Å². The molecule has 3 amide bonds. The van der Waals surface area contributed by atoms with Crippen LogP contribution in [0.15, 0.2) is 53.7 Å². The third kappa shape index (κ3) is 3.97. The average Bonchev–Trinajstić information content (AvgIpc) is 3.36. The molecule has 1 atom stereocenters. The number of hydrogen-bond acceptors (Lipinski definition) is 5. The fourth-order valence-corrected chi connectivity index (χ4v) is 2.53. The first-order chi connectivity index (χ1) is 13.0. The van der Waals surface area contributed by atoms with E-state index >= 15 is 0 Å². The van der Waals surface area contributed by atoms with Crippen molar-refractivity contribution in [3.8, 4) is 5.69 Å². The molecule has 0 bridgehead atoms. The second-order valence-corrected chi connectivity index (χ2v) is 5.99. The first-order valence-electron chi connectivity index (χ1n) is 8.29. The number of furan rings is 1. The standard InChI is InChI=1S/C18H20N6O3/c1-12(14-4-6-15(7-5-14)24-11-19-10-20-24)23(3)18(26)22-21-17(25)16-8-9-27-13(16)2/h4-12H,1-3H3,(H,21,25)(H,22,26)/t12-/m1/s1. The van der Waals surface area contributed by atoms with Crippen molar-refractivity contribution in [2.75, 3.05) is 7.05 Å². The van der Waals surface area contributed by atoms with Crippen LogP contribution in [0.25, 0.3) is 5.69 Å². The maximum atomic E-state index is 12.3. The van der Waals surface area contributed by atoms with Gasteiger partial charge in [0.15, 0.2) is 0 Å². The predicted molar refractivity (Wildman–Crippen MR) is 97.0 cm³/mol. The molecule has 0 aliphatic rings. The Morgan fingerprint density at radius 2 is 1.93 bits per heavy atom. The van der Waals surface area contributed by atoms with Crippen molar-refractivity contribution in [3.63, 3.8) is 0 Å². The summed E-state index contributed by atoms with van der Waals surface area (Å²) in [5, 5.41) is 4.08. The van der Waals surface area contributed by atoms with E-state index in [4.69, 9.17) is 4.42 Å². The minimum atomic E-state index is -0.437. The van der Waals surface area contributed by atoms with Gasteiger partial charge in [-0.1, -0.05) is 12.1 Å². The van der Waals surface area contributed by atoms with Crippen molar-refractivity contribution < 1.29 is 14.0 Å². The number of benzene rings is 1. The Bertz CT molecular complexity index is 917. The number of carbonyl (C=O) groups excluding carboxylic acids is 2. The van der Waals surface area contributed by atoms with Crippen LogP contribution in [0, 0.1) is 6.92 Å². The molecule has 2 N–H and O–H groups in total. The molecule has 3 rings (SSSR count). The van der Waals surface area contributed by atoms with Gasteiger partial charge in [0.1, 0.15) is 18.4 Å². The Labute approximate surface area is 156 Å². The van der Waals surface area contributed by atoms with Crippen LogP contribution in [0.4, 0.5) is 4.79 Å². The molecule has 9 heteroatoms. The Balaban J connectivity index is 1.59. The van der Waals surface area contributed by atoms with Crippen molar-refractivity contribution in [2.45, 2.75) is 19.9 Å². The van der Waals surface area contributed by atoms with Gasteiger partial charge in [-0.25, -0.2) is 19.9 Å². The highest BCUT2D eigenvalue weighted by Crippen LogP contribution is 2.20. The van der Waals surface area contributed by atoms with Gasteiger partial charge in [-0.2, -0.15) is 5.10 Å². The zero-order valence-corrected chi connectivity index (χ0v) is 15.2. The molecule has 0 aliphatic carbocycles. The van der Waals surface area contributed by atoms with E-state index in [0.29, 0.717) is 11.3 Å². The molecule has 0 radical (unpaired) electrons. The maximum absolute atomic E-state index is 12.3. The summed E-state index contributed by atoms with van der Waals surface area (Å²) in [7, 11) is 1.65. The van der Waals surface area contributed by atoms with Gasteiger partial charge in [0, 0.05) is 7.05 Å². The molecule has 0 unspecified atom stereocenters. The molecule has 0 aliphatic heterocycles. The van der Waals surface area contributed by atoms with Gasteiger partial charge in [-0.3, -0.25) is 10.2 Å². The fourth-order valence-electron chi connectivity index (χ4n) is 2.53. The lowest BCUT2D eigenvalue weighted by Crippen LogP contribution is -2.48. The largest absolute Gasteiger partial charge is 0.469 e. The number of aromatic nitrogens is 3. The summed E-state index contributed by atoms with van der Waals surface area (Å²) in [5.41, 5.74) is 6.97. The number of amides is 3. The Morgan fingerprint density at radius 1 is 1.19 bits per heavy atom. The second-order valence-electron chi connectivity index (χ2n) is 5.99. The zero-order valence-electron chi connectivity index (χ0n) is 15.2. The molecule has 2 aromatic heterocycles. The van der Waals surface area contributed by atoms with E-state index in [1.54, 1.807) is 31.0 Å². The van der Waals surface area contributed by atoms with Crippen LogP contribution in [0.2, 0.25) is 0 Å². The number of hydrazine groups is 1. The van der Waals surface area contributed by atoms with Gasteiger partial charge in [-0.15, -0.1) is 0 Å². The molecule has 0 fully saturated rings. The van der Waals surface area contributed by atoms with Gasteiger partial charge in [0.2, 0.25) is 0 Å². The van der Waals surface area contributed by atoms with E-state index < -0.39 is 11.9 Å². The highest BCUT2D eigenvalue weighted by molar-refractivity contribution is 5.96. The highest BCUT2D eigenvalue weighted by Gasteiger charge is 2.19. The van der Waals surface area contributed by atoms with Crippen molar-refractivity contribution >= 4 is 11.9 Å². The van der Waals surface area contributed by atoms with E-state index in [2.05, 4.69) is 20.9 Å². The molecule has 140 valence electrons. The molecule has 1 aromatic carbocycles. The summed E-state index contributed by atoms with van der Waals surface area (Å²) in [6, 6.07) is 8.53. The smallest absolute Gasteiger partial charge is 0.336 e. The summed E-state index contributed by atoms with van der Waals surface area (Å²) in [5.74, 6) is 0.0452. The van der Waals surface area contributed by atoms with E-state index in [1.165, 1.54) is 17.5 Å². The van der Waals surface area contributed by atoms with Crippen molar-refractivity contribution in [3.05, 3.63) is 66.1 Å². The summed E-state index contributed by atoms with van der Waals surface area (Å²) in [6.45, 7) is 3.57. The van der Waals surface area contributed by atoms with Crippen LogP contribution in [-0.4, -0.2) is 38.7 Å². The summed E-state index contributed by atoms with van der Waals surface area (Å²) in [4.78, 5) is 29.8. The monoisotopic (exact) mass is 368 g/mol. The summed E-state index contributed by atoms with van der Waals surface area (Å²) >= 11 is 0. The van der Waals surface area contributed by atoms with Crippen molar-refractivity contribution in [2.24, 2.45) is 0 Å². The van der Waals surface area contributed by atoms with Gasteiger partial charge in [-0.05, 0) is 37.6 Å². The molecule has 2 heterocycles. The molecule has 0 saturated carbocycles. The Kier molecular flexibility index (Phi) is 5.20. The third-order valence-corrected chi connectivity index (χ3v) is 4.35. The topological polar surface area (TPSA) is 105 Å². The minimum Gasteiger partial charge on any atom is -0.469 e. The quantitative estimate of drug-likeness (QED) is 0.687. The van der Waals surface area contributed by atoms with Crippen LogP contribution in [0.5, 0.6) is 0 Å². The van der Waals surface area contributed by atoms with Crippen LogP contribution >= 0.6 is 0 Å². The fraction of sp³-hybridized carbons (Fsp3) is 0.222. The number of rotatable bonds is 4. The molecular weight excluding hydrogens is 348 g/mol. The van der Waals surface area contributed by atoms with Crippen LogP contribution < -0.4 is 10.9 Å². The Morgan fingerprint density at radius 3 is 2.52 bits per heavy atom. The number of nitrogens with zero attached hydrogens (tertiary/aromatic N) is 4. The minimum absolute atomic E-state index is 0.206. The van der Waals surface area contributed by atoms with Crippen molar-refractivity contribution in [1.82, 2.24) is 30.5 Å².